The van der Waals surface area contributed by atoms with Gasteiger partial charge >= 0.3 is 17.9 Å². The number of hydrogen-bond donors (Lipinski definition) is 0. The number of hydrogen-bond acceptors (Lipinski definition) is 8. The van der Waals surface area contributed by atoms with Crippen molar-refractivity contribution < 1.29 is 33.3 Å². The highest BCUT2D eigenvalue weighted by Gasteiger charge is 2.51. The number of benzene rings is 1. The molecule has 0 spiro atoms. The van der Waals surface area contributed by atoms with Crippen LogP contribution >= 0.6 is 39.1 Å². The highest BCUT2D eigenvalue weighted by molar-refractivity contribution is 9.10. The third kappa shape index (κ3) is 4.72. The predicted molar refractivity (Wildman–Crippen MR) is 109 cm³/mol. The summed E-state index contributed by atoms with van der Waals surface area (Å²) in [5.74, 6) is -1.76. The van der Waals surface area contributed by atoms with E-state index in [1.807, 2.05) is 0 Å². The number of halogens is 3. The molecule has 1 aliphatic rings. The molecular formula is C18H17BrCl2N2O7. The van der Waals surface area contributed by atoms with Gasteiger partial charge in [-0.1, -0.05) is 23.2 Å². The van der Waals surface area contributed by atoms with Gasteiger partial charge in [-0.25, -0.2) is 4.98 Å². The minimum Gasteiger partial charge on any atom is -0.463 e. The number of rotatable bonds is 5. The summed E-state index contributed by atoms with van der Waals surface area (Å²) in [6, 6.07) is 3.17. The van der Waals surface area contributed by atoms with Crippen LogP contribution in [0.15, 0.2) is 16.9 Å². The van der Waals surface area contributed by atoms with Crippen LogP contribution in [0.1, 0.15) is 27.0 Å². The lowest BCUT2D eigenvalue weighted by molar-refractivity contribution is -0.166. The van der Waals surface area contributed by atoms with Crippen LogP contribution in [0.2, 0.25) is 10.0 Å². The first-order valence-corrected chi connectivity index (χ1v) is 10.3. The molecule has 0 bridgehead atoms. The van der Waals surface area contributed by atoms with E-state index >= 15 is 0 Å². The van der Waals surface area contributed by atoms with Crippen LogP contribution in [0.3, 0.4) is 0 Å². The zero-order valence-electron chi connectivity index (χ0n) is 16.1. The summed E-state index contributed by atoms with van der Waals surface area (Å²) < 4.78 is 23.8. The van der Waals surface area contributed by atoms with E-state index in [1.54, 1.807) is 16.7 Å². The smallest absolute Gasteiger partial charge is 0.303 e. The minimum atomic E-state index is -1.05. The standard InChI is InChI=1S/C18H17BrCl2N2O7/c1-7(24)27-6-14-15(28-8(2)25)16(29-9(3)26)17(30-14)23-13-5-11(21)10(20)4-12(13)22-18(23)19/h4-5,14-17H,6H2,1-3H3/t14-,15-,16-,17-/m1/s1. The lowest BCUT2D eigenvalue weighted by Crippen LogP contribution is -2.40. The number of carbonyl (C=O) groups is 3. The van der Waals surface area contributed by atoms with E-state index in [1.165, 1.54) is 20.8 Å². The number of esters is 3. The first-order chi connectivity index (χ1) is 14.1. The molecular weight excluding hydrogens is 507 g/mol. The number of carbonyl (C=O) groups excluding carboxylic acids is 3. The molecule has 1 aliphatic heterocycles. The Morgan fingerprint density at radius 3 is 2.27 bits per heavy atom. The van der Waals surface area contributed by atoms with Gasteiger partial charge in [0.05, 0.1) is 21.1 Å². The Bertz CT molecular complexity index is 1010. The van der Waals surface area contributed by atoms with Gasteiger partial charge in [-0.05, 0) is 28.1 Å². The summed E-state index contributed by atoms with van der Waals surface area (Å²) in [6.07, 6.45) is -3.92. The zero-order valence-corrected chi connectivity index (χ0v) is 19.2. The van der Waals surface area contributed by atoms with Crippen molar-refractivity contribution in [3.8, 4) is 0 Å². The van der Waals surface area contributed by atoms with E-state index in [-0.39, 0.29) is 11.6 Å². The van der Waals surface area contributed by atoms with Crippen LogP contribution in [-0.2, 0) is 33.3 Å². The summed E-state index contributed by atoms with van der Waals surface area (Å²) >= 11 is 15.6. The molecule has 4 atom stereocenters. The lowest BCUT2D eigenvalue weighted by Gasteiger charge is -2.24. The molecule has 0 unspecified atom stereocenters. The third-order valence-corrected chi connectivity index (χ3v) is 5.56. The molecule has 30 heavy (non-hydrogen) atoms. The molecule has 162 valence electrons. The Balaban J connectivity index is 2.09. The van der Waals surface area contributed by atoms with Crippen molar-refractivity contribution in [2.75, 3.05) is 6.61 Å². The molecule has 3 rings (SSSR count). The molecule has 1 saturated heterocycles. The van der Waals surface area contributed by atoms with Crippen molar-refractivity contribution in [3.05, 3.63) is 26.9 Å². The van der Waals surface area contributed by atoms with Crippen LogP contribution in [-0.4, -0.2) is 52.4 Å². The normalized spacial score (nSPS) is 23.4. The third-order valence-electron chi connectivity index (χ3n) is 4.28. The van der Waals surface area contributed by atoms with Crippen molar-refractivity contribution in [2.24, 2.45) is 0 Å². The Hall–Kier alpha value is -1.88. The molecule has 2 aromatic rings. The van der Waals surface area contributed by atoms with Crippen molar-refractivity contribution in [2.45, 2.75) is 45.3 Å². The fraction of sp³-hybridized carbons (Fsp3) is 0.444. The summed E-state index contributed by atoms with van der Waals surface area (Å²) in [4.78, 5) is 39.1. The van der Waals surface area contributed by atoms with Crippen molar-refractivity contribution in [1.29, 1.82) is 0 Å². The number of imidazole rings is 1. The average molecular weight is 524 g/mol. The minimum absolute atomic E-state index is 0.210. The maximum Gasteiger partial charge on any atom is 0.303 e. The van der Waals surface area contributed by atoms with Gasteiger partial charge in [0.2, 0.25) is 0 Å². The molecule has 2 heterocycles. The van der Waals surface area contributed by atoms with Crippen molar-refractivity contribution in [1.82, 2.24) is 9.55 Å². The van der Waals surface area contributed by atoms with Crippen LogP contribution in [0.4, 0.5) is 0 Å². The van der Waals surface area contributed by atoms with Gasteiger partial charge < -0.3 is 18.9 Å². The van der Waals surface area contributed by atoms with E-state index in [0.29, 0.717) is 20.8 Å². The topological polar surface area (TPSA) is 106 Å². The molecule has 0 saturated carbocycles. The highest BCUT2D eigenvalue weighted by Crippen LogP contribution is 2.39. The fourth-order valence-electron chi connectivity index (χ4n) is 3.20. The second kappa shape index (κ2) is 9.09. The Kier molecular flexibility index (Phi) is 6.91. The van der Waals surface area contributed by atoms with E-state index in [0.717, 1.165) is 0 Å². The molecule has 0 N–H and O–H groups in total. The van der Waals surface area contributed by atoms with Crippen LogP contribution in [0.5, 0.6) is 0 Å². The fourth-order valence-corrected chi connectivity index (χ4v) is 4.10. The monoisotopic (exact) mass is 522 g/mol. The Morgan fingerprint density at radius 1 is 1.07 bits per heavy atom. The van der Waals surface area contributed by atoms with E-state index < -0.39 is 42.4 Å². The van der Waals surface area contributed by atoms with Crippen LogP contribution < -0.4 is 0 Å². The first kappa shape index (κ1) is 22.8. The first-order valence-electron chi connectivity index (χ1n) is 8.74. The summed E-state index contributed by atoms with van der Waals surface area (Å²) in [6.45, 7) is 3.46. The van der Waals surface area contributed by atoms with Gasteiger partial charge in [-0.3, -0.25) is 19.0 Å². The summed E-state index contributed by atoms with van der Waals surface area (Å²) in [5, 5.41) is 0.601. The molecule has 0 aliphatic carbocycles. The maximum absolute atomic E-state index is 11.8. The van der Waals surface area contributed by atoms with E-state index in [4.69, 9.17) is 42.1 Å². The molecule has 1 aromatic heterocycles. The molecule has 0 amide bonds. The van der Waals surface area contributed by atoms with Crippen molar-refractivity contribution >= 4 is 68.1 Å². The summed E-state index contributed by atoms with van der Waals surface area (Å²) in [5.41, 5.74) is 1.04. The SMILES string of the molecule is CC(=O)OC[C@H]1O[C@@H](n2c(Br)nc3cc(Cl)c(Cl)cc32)[C@H](OC(C)=O)[C@@H]1OC(C)=O. The van der Waals surface area contributed by atoms with Gasteiger partial charge in [-0.2, -0.15) is 0 Å². The Labute approximate surface area is 189 Å². The molecule has 1 aromatic carbocycles. The number of aromatic nitrogens is 2. The van der Waals surface area contributed by atoms with Crippen molar-refractivity contribution in [3.63, 3.8) is 0 Å². The predicted octanol–water partition coefficient (Wildman–Crippen LogP) is 3.43. The Morgan fingerprint density at radius 2 is 1.67 bits per heavy atom. The average Bonchev–Trinajstić information content (AvgIpc) is 3.10. The summed E-state index contributed by atoms with van der Waals surface area (Å²) in [7, 11) is 0. The van der Waals surface area contributed by atoms with Gasteiger partial charge in [0.15, 0.2) is 23.2 Å². The number of fused-ring (bicyclic) bond motifs is 1. The molecule has 12 heteroatoms. The number of nitrogens with zero attached hydrogens (tertiary/aromatic N) is 2. The van der Waals surface area contributed by atoms with Gasteiger partial charge in [-0.15, -0.1) is 0 Å². The molecule has 9 nitrogen and oxygen atoms in total. The second-order valence-corrected chi connectivity index (χ2v) is 8.05. The van der Waals surface area contributed by atoms with Gasteiger partial charge in [0.1, 0.15) is 12.7 Å². The quantitative estimate of drug-likeness (QED) is 0.433. The van der Waals surface area contributed by atoms with E-state index in [9.17, 15) is 14.4 Å². The van der Waals surface area contributed by atoms with Gasteiger partial charge in [0, 0.05) is 20.8 Å². The molecule has 1 fully saturated rings. The van der Waals surface area contributed by atoms with Crippen LogP contribution in [0.25, 0.3) is 11.0 Å². The lowest BCUT2D eigenvalue weighted by atomic mass is 10.1. The second-order valence-electron chi connectivity index (χ2n) is 6.52. The van der Waals surface area contributed by atoms with E-state index in [2.05, 4.69) is 20.9 Å². The molecule has 0 radical (unpaired) electrons. The van der Waals surface area contributed by atoms with Crippen LogP contribution in [0, 0.1) is 0 Å². The largest absolute Gasteiger partial charge is 0.463 e. The highest BCUT2D eigenvalue weighted by atomic mass is 79.9. The maximum atomic E-state index is 11.8. The number of ether oxygens (including phenoxy) is 4. The zero-order chi connectivity index (χ0) is 22.2. The van der Waals surface area contributed by atoms with Gasteiger partial charge in [0.25, 0.3) is 0 Å².